The normalized spacial score (nSPS) is 17.7. The first-order valence-corrected chi connectivity index (χ1v) is 8.48. The molecule has 0 atom stereocenters. The van der Waals surface area contributed by atoms with Crippen LogP contribution in [0, 0.1) is 0 Å². The van der Waals surface area contributed by atoms with Gasteiger partial charge in [0.15, 0.2) is 5.13 Å². The van der Waals surface area contributed by atoms with Crippen molar-refractivity contribution in [3.05, 3.63) is 23.2 Å². The van der Waals surface area contributed by atoms with Crippen LogP contribution in [0.5, 0.6) is 0 Å². The molecule has 5 heteroatoms. The van der Waals surface area contributed by atoms with Crippen molar-refractivity contribution in [2.24, 2.45) is 0 Å². The van der Waals surface area contributed by atoms with E-state index in [9.17, 15) is 0 Å². The van der Waals surface area contributed by atoms with Gasteiger partial charge in [-0.3, -0.25) is 0 Å². The zero-order valence-corrected chi connectivity index (χ0v) is 12.6. The van der Waals surface area contributed by atoms with Crippen LogP contribution in [-0.4, -0.2) is 22.5 Å². The standard InChI is InChI=1S/C13H15ClN2S2/c1-17-13(6-3-7-13)8-15-12-16-10-5-2-4-9(14)11(10)18-12/h2,4-5H,3,6-8H2,1H3,(H,15,16). The average Bonchev–Trinajstić information content (AvgIpc) is 2.73. The molecule has 0 radical (unpaired) electrons. The summed E-state index contributed by atoms with van der Waals surface area (Å²) in [5.74, 6) is 0. The molecule has 1 aromatic carbocycles. The quantitative estimate of drug-likeness (QED) is 0.889. The van der Waals surface area contributed by atoms with Crippen molar-refractivity contribution < 1.29 is 0 Å². The van der Waals surface area contributed by atoms with Gasteiger partial charge >= 0.3 is 0 Å². The number of rotatable bonds is 4. The highest BCUT2D eigenvalue weighted by molar-refractivity contribution is 8.00. The fourth-order valence-electron chi connectivity index (χ4n) is 2.25. The van der Waals surface area contributed by atoms with Crippen LogP contribution < -0.4 is 5.32 Å². The topological polar surface area (TPSA) is 24.9 Å². The van der Waals surface area contributed by atoms with Crippen LogP contribution in [-0.2, 0) is 0 Å². The molecule has 96 valence electrons. The summed E-state index contributed by atoms with van der Waals surface area (Å²) in [5.41, 5.74) is 0.988. The van der Waals surface area contributed by atoms with E-state index in [-0.39, 0.29) is 0 Å². The summed E-state index contributed by atoms with van der Waals surface area (Å²) >= 11 is 9.79. The molecule has 1 N–H and O–H groups in total. The van der Waals surface area contributed by atoms with Crippen molar-refractivity contribution in [1.29, 1.82) is 0 Å². The molecule has 1 aromatic heterocycles. The Morgan fingerprint density at radius 1 is 1.50 bits per heavy atom. The molecule has 1 aliphatic rings. The number of benzene rings is 1. The van der Waals surface area contributed by atoms with E-state index in [1.165, 1.54) is 19.3 Å². The summed E-state index contributed by atoms with van der Waals surface area (Å²) in [7, 11) is 0. The Kier molecular flexibility index (Phi) is 3.43. The molecule has 0 aliphatic heterocycles. The third kappa shape index (κ3) is 2.22. The summed E-state index contributed by atoms with van der Waals surface area (Å²) in [6.07, 6.45) is 6.18. The molecule has 0 spiro atoms. The lowest BCUT2D eigenvalue weighted by atomic mass is 9.84. The largest absolute Gasteiger partial charge is 0.360 e. The zero-order valence-electron chi connectivity index (χ0n) is 10.2. The van der Waals surface area contributed by atoms with E-state index < -0.39 is 0 Å². The molecule has 1 saturated carbocycles. The lowest BCUT2D eigenvalue weighted by Gasteiger charge is -2.40. The van der Waals surface area contributed by atoms with Gasteiger partial charge in [-0.2, -0.15) is 11.8 Å². The second-order valence-corrected chi connectivity index (χ2v) is 7.38. The number of nitrogens with zero attached hydrogens (tertiary/aromatic N) is 1. The monoisotopic (exact) mass is 298 g/mol. The highest BCUT2D eigenvalue weighted by Gasteiger charge is 2.35. The van der Waals surface area contributed by atoms with Crippen molar-refractivity contribution in [1.82, 2.24) is 4.98 Å². The maximum atomic E-state index is 6.16. The smallest absolute Gasteiger partial charge is 0.183 e. The van der Waals surface area contributed by atoms with E-state index in [0.29, 0.717) is 4.75 Å². The van der Waals surface area contributed by atoms with Crippen molar-refractivity contribution in [2.75, 3.05) is 18.1 Å². The predicted octanol–water partition coefficient (Wildman–Crippen LogP) is 4.65. The molecule has 1 fully saturated rings. The number of nitrogens with one attached hydrogen (secondary N) is 1. The number of aromatic nitrogens is 1. The van der Waals surface area contributed by atoms with Gasteiger partial charge in [-0.05, 0) is 31.2 Å². The van der Waals surface area contributed by atoms with Gasteiger partial charge in [0.2, 0.25) is 0 Å². The summed E-state index contributed by atoms with van der Waals surface area (Å²) in [4.78, 5) is 4.58. The minimum atomic E-state index is 0.432. The summed E-state index contributed by atoms with van der Waals surface area (Å²) < 4.78 is 1.51. The van der Waals surface area contributed by atoms with Crippen LogP contribution in [0.3, 0.4) is 0 Å². The van der Waals surface area contributed by atoms with Crippen molar-refractivity contribution in [3.8, 4) is 0 Å². The van der Waals surface area contributed by atoms with E-state index in [0.717, 1.165) is 26.9 Å². The van der Waals surface area contributed by atoms with Gasteiger partial charge in [-0.1, -0.05) is 35.4 Å². The van der Waals surface area contributed by atoms with E-state index in [2.05, 4.69) is 16.6 Å². The number of fused-ring (bicyclic) bond motifs is 1. The van der Waals surface area contributed by atoms with E-state index in [4.69, 9.17) is 11.6 Å². The number of anilines is 1. The third-order valence-electron chi connectivity index (χ3n) is 3.63. The van der Waals surface area contributed by atoms with Crippen LogP contribution >= 0.6 is 34.7 Å². The van der Waals surface area contributed by atoms with Gasteiger partial charge in [0.05, 0.1) is 15.2 Å². The van der Waals surface area contributed by atoms with Gasteiger partial charge < -0.3 is 5.32 Å². The van der Waals surface area contributed by atoms with Crippen LogP contribution in [0.15, 0.2) is 18.2 Å². The molecule has 0 bridgehead atoms. The van der Waals surface area contributed by atoms with Crippen LogP contribution in [0.1, 0.15) is 19.3 Å². The van der Waals surface area contributed by atoms with Gasteiger partial charge in [0.1, 0.15) is 0 Å². The van der Waals surface area contributed by atoms with Gasteiger partial charge in [-0.15, -0.1) is 0 Å². The minimum Gasteiger partial charge on any atom is -0.360 e. The Morgan fingerprint density at radius 2 is 2.33 bits per heavy atom. The Morgan fingerprint density at radius 3 is 2.94 bits per heavy atom. The first-order chi connectivity index (χ1) is 8.72. The Hall–Kier alpha value is -0.450. The van der Waals surface area contributed by atoms with Crippen LogP contribution in [0.25, 0.3) is 10.2 Å². The van der Waals surface area contributed by atoms with E-state index in [1.54, 1.807) is 11.3 Å². The molecular weight excluding hydrogens is 284 g/mol. The Bertz CT molecular complexity index is 558. The number of hydrogen-bond donors (Lipinski definition) is 1. The lowest BCUT2D eigenvalue weighted by Crippen LogP contribution is -2.40. The fraction of sp³-hybridized carbons (Fsp3) is 0.462. The second kappa shape index (κ2) is 4.91. The maximum absolute atomic E-state index is 6.16. The molecule has 0 saturated heterocycles. The number of hydrogen-bond acceptors (Lipinski definition) is 4. The van der Waals surface area contributed by atoms with E-state index in [1.807, 2.05) is 30.0 Å². The maximum Gasteiger partial charge on any atom is 0.183 e. The zero-order chi connectivity index (χ0) is 12.6. The minimum absolute atomic E-state index is 0.432. The second-order valence-electron chi connectivity index (χ2n) is 4.70. The van der Waals surface area contributed by atoms with E-state index >= 15 is 0 Å². The average molecular weight is 299 g/mol. The SMILES string of the molecule is CSC1(CNc2nc3cccc(Cl)c3s2)CCC1. The molecule has 1 heterocycles. The summed E-state index contributed by atoms with van der Waals surface area (Å²) in [6, 6.07) is 5.88. The molecule has 2 nitrogen and oxygen atoms in total. The molecule has 0 unspecified atom stereocenters. The van der Waals surface area contributed by atoms with Crippen molar-refractivity contribution in [3.63, 3.8) is 0 Å². The Labute approximate surface area is 120 Å². The number of halogens is 1. The van der Waals surface area contributed by atoms with Crippen molar-refractivity contribution >= 4 is 50.0 Å². The lowest BCUT2D eigenvalue weighted by molar-refractivity contribution is 0.380. The first-order valence-electron chi connectivity index (χ1n) is 6.07. The van der Waals surface area contributed by atoms with Gasteiger partial charge in [-0.25, -0.2) is 4.98 Å². The molecule has 2 aromatic rings. The third-order valence-corrected chi connectivity index (χ3v) is 6.53. The molecular formula is C13H15ClN2S2. The molecule has 3 rings (SSSR count). The van der Waals surface area contributed by atoms with Crippen LogP contribution in [0.2, 0.25) is 5.02 Å². The highest BCUT2D eigenvalue weighted by Crippen LogP contribution is 2.43. The number of thiazole rings is 1. The van der Waals surface area contributed by atoms with Crippen molar-refractivity contribution in [2.45, 2.75) is 24.0 Å². The highest BCUT2D eigenvalue weighted by atomic mass is 35.5. The Balaban J connectivity index is 1.77. The molecule has 0 amide bonds. The summed E-state index contributed by atoms with van der Waals surface area (Å²) in [6.45, 7) is 1.01. The first kappa shape index (κ1) is 12.6. The van der Waals surface area contributed by atoms with Gasteiger partial charge in [0.25, 0.3) is 0 Å². The fourth-order valence-corrected chi connectivity index (χ4v) is 4.32. The molecule has 1 aliphatic carbocycles. The van der Waals surface area contributed by atoms with Gasteiger partial charge in [0, 0.05) is 11.3 Å². The molecule has 18 heavy (non-hydrogen) atoms. The number of thioether (sulfide) groups is 1. The summed E-state index contributed by atoms with van der Waals surface area (Å²) in [5, 5.41) is 5.26. The van der Waals surface area contributed by atoms with Crippen LogP contribution in [0.4, 0.5) is 5.13 Å². The predicted molar refractivity (Wildman–Crippen MR) is 83.2 cm³/mol.